The molecule has 7 nitrogen and oxygen atoms in total. The molecule has 2 unspecified atom stereocenters. The number of carbonyl (C=O) groups excluding carboxylic acids is 2. The third kappa shape index (κ3) is 6.06. The molecule has 2 amide bonds. The molecule has 0 bridgehead atoms. The second-order valence-corrected chi connectivity index (χ2v) is 7.89. The first-order chi connectivity index (χ1) is 12.6. The van der Waals surface area contributed by atoms with Crippen molar-refractivity contribution in [2.45, 2.75) is 52.2 Å². The topological polar surface area (TPSA) is 95.9 Å². The van der Waals surface area contributed by atoms with Crippen LogP contribution in [0.2, 0.25) is 0 Å². The predicted octanol–water partition coefficient (Wildman–Crippen LogP) is 2.12. The van der Waals surface area contributed by atoms with Crippen LogP contribution in [0.1, 0.15) is 39.2 Å². The third-order valence-electron chi connectivity index (χ3n) is 4.40. The van der Waals surface area contributed by atoms with Gasteiger partial charge in [-0.1, -0.05) is 17.7 Å². The highest BCUT2D eigenvalue weighted by Crippen LogP contribution is 2.25. The van der Waals surface area contributed by atoms with Crippen LogP contribution in [0.25, 0.3) is 0 Å². The van der Waals surface area contributed by atoms with Crippen molar-refractivity contribution in [2.24, 2.45) is 5.92 Å². The van der Waals surface area contributed by atoms with Gasteiger partial charge in [-0.15, -0.1) is 0 Å². The van der Waals surface area contributed by atoms with Gasteiger partial charge in [-0.2, -0.15) is 0 Å². The smallest absolute Gasteiger partial charge is 0.326 e. The maximum absolute atomic E-state index is 12.5. The summed E-state index contributed by atoms with van der Waals surface area (Å²) in [5, 5.41) is 11.9. The zero-order chi connectivity index (χ0) is 20.2. The molecule has 1 aromatic rings. The van der Waals surface area contributed by atoms with Gasteiger partial charge in [0.05, 0.1) is 11.5 Å². The van der Waals surface area contributed by atoms with E-state index >= 15 is 0 Å². The van der Waals surface area contributed by atoms with Crippen LogP contribution in [0.15, 0.2) is 24.3 Å². The molecular formula is C20H28N2O5. The van der Waals surface area contributed by atoms with Crippen LogP contribution in [0.3, 0.4) is 0 Å². The van der Waals surface area contributed by atoms with Crippen LogP contribution < -0.4 is 10.2 Å². The minimum Gasteiger partial charge on any atom is -0.480 e. The number of hydrogen-bond acceptors (Lipinski definition) is 4. The minimum absolute atomic E-state index is 0.0739. The first-order valence-corrected chi connectivity index (χ1v) is 9.11. The average Bonchev–Trinajstić information content (AvgIpc) is 2.95. The summed E-state index contributed by atoms with van der Waals surface area (Å²) in [6.45, 7) is 8.07. The molecule has 1 aliphatic rings. The van der Waals surface area contributed by atoms with Crippen molar-refractivity contribution in [1.82, 2.24) is 5.32 Å². The van der Waals surface area contributed by atoms with E-state index in [1.165, 1.54) is 0 Å². The second-order valence-electron chi connectivity index (χ2n) is 7.89. The molecule has 2 atom stereocenters. The van der Waals surface area contributed by atoms with E-state index in [1.54, 1.807) is 4.90 Å². The predicted molar refractivity (Wildman–Crippen MR) is 102 cm³/mol. The summed E-state index contributed by atoms with van der Waals surface area (Å²) in [6, 6.07) is 6.47. The minimum atomic E-state index is -1.11. The van der Waals surface area contributed by atoms with Gasteiger partial charge in [-0.05, 0) is 39.8 Å². The summed E-state index contributed by atoms with van der Waals surface area (Å²) in [6.07, 6.45) is 0.241. The maximum Gasteiger partial charge on any atom is 0.326 e. The number of aliphatic carboxylic acids is 1. The van der Waals surface area contributed by atoms with Gasteiger partial charge in [0.1, 0.15) is 6.04 Å². The molecule has 1 fully saturated rings. The molecule has 0 spiro atoms. The number of amides is 2. The summed E-state index contributed by atoms with van der Waals surface area (Å²) >= 11 is 0. The molecule has 7 heteroatoms. The molecule has 1 heterocycles. The third-order valence-corrected chi connectivity index (χ3v) is 4.40. The Morgan fingerprint density at radius 3 is 2.48 bits per heavy atom. The number of hydrogen-bond donors (Lipinski definition) is 2. The molecule has 27 heavy (non-hydrogen) atoms. The van der Waals surface area contributed by atoms with Gasteiger partial charge in [0.2, 0.25) is 11.8 Å². The van der Waals surface area contributed by atoms with E-state index in [0.29, 0.717) is 0 Å². The number of rotatable bonds is 7. The number of carbonyl (C=O) groups is 3. The number of nitrogens with one attached hydrogen (secondary N) is 1. The summed E-state index contributed by atoms with van der Waals surface area (Å²) in [4.78, 5) is 37.8. The van der Waals surface area contributed by atoms with Crippen molar-refractivity contribution < 1.29 is 24.2 Å². The molecular weight excluding hydrogens is 348 g/mol. The summed E-state index contributed by atoms with van der Waals surface area (Å²) in [7, 11) is 0. The fraction of sp³-hybridized carbons (Fsp3) is 0.550. The summed E-state index contributed by atoms with van der Waals surface area (Å²) in [5.74, 6) is -2.23. The van der Waals surface area contributed by atoms with Crippen LogP contribution >= 0.6 is 0 Å². The van der Waals surface area contributed by atoms with Crippen molar-refractivity contribution >= 4 is 23.5 Å². The van der Waals surface area contributed by atoms with Crippen LogP contribution in [0.5, 0.6) is 0 Å². The monoisotopic (exact) mass is 376 g/mol. The van der Waals surface area contributed by atoms with E-state index in [9.17, 15) is 19.5 Å². The zero-order valence-electron chi connectivity index (χ0n) is 16.3. The Bertz CT molecular complexity index is 693. The Morgan fingerprint density at radius 2 is 1.93 bits per heavy atom. The highest BCUT2D eigenvalue weighted by Gasteiger charge is 2.36. The molecule has 2 rings (SSSR count). The van der Waals surface area contributed by atoms with Crippen molar-refractivity contribution in [3.05, 3.63) is 29.8 Å². The van der Waals surface area contributed by atoms with Gasteiger partial charge in [0.15, 0.2) is 0 Å². The van der Waals surface area contributed by atoms with E-state index in [0.717, 1.165) is 11.3 Å². The lowest BCUT2D eigenvalue weighted by molar-refractivity contribution is -0.143. The molecule has 0 aromatic heterocycles. The zero-order valence-corrected chi connectivity index (χ0v) is 16.3. The first kappa shape index (κ1) is 20.9. The Balaban J connectivity index is 1.94. The number of benzene rings is 1. The number of ether oxygens (including phenoxy) is 1. The fourth-order valence-electron chi connectivity index (χ4n) is 2.89. The van der Waals surface area contributed by atoms with Crippen LogP contribution in [-0.2, 0) is 19.1 Å². The normalized spacial score (nSPS) is 18.4. The molecule has 1 saturated heterocycles. The maximum atomic E-state index is 12.5. The molecule has 0 aliphatic carbocycles. The van der Waals surface area contributed by atoms with Gasteiger partial charge < -0.3 is 20.1 Å². The first-order valence-electron chi connectivity index (χ1n) is 9.11. The Labute approximate surface area is 159 Å². The van der Waals surface area contributed by atoms with Crippen molar-refractivity contribution in [3.63, 3.8) is 0 Å². The Hall–Kier alpha value is -2.41. The van der Waals surface area contributed by atoms with Crippen molar-refractivity contribution in [2.75, 3.05) is 18.1 Å². The number of nitrogens with zero attached hydrogens (tertiary/aromatic N) is 1. The van der Waals surface area contributed by atoms with E-state index in [-0.39, 0.29) is 37.5 Å². The van der Waals surface area contributed by atoms with Crippen molar-refractivity contribution in [3.8, 4) is 0 Å². The van der Waals surface area contributed by atoms with E-state index in [2.05, 4.69) is 5.32 Å². The quantitative estimate of drug-likeness (QED) is 0.760. The fourth-order valence-corrected chi connectivity index (χ4v) is 2.89. The Kier molecular flexibility index (Phi) is 6.59. The Morgan fingerprint density at radius 1 is 1.30 bits per heavy atom. The molecule has 148 valence electrons. The van der Waals surface area contributed by atoms with Crippen LogP contribution in [-0.4, -0.2) is 47.7 Å². The van der Waals surface area contributed by atoms with Gasteiger partial charge in [0.25, 0.3) is 0 Å². The lowest BCUT2D eigenvalue weighted by Gasteiger charge is -2.22. The van der Waals surface area contributed by atoms with Gasteiger partial charge in [-0.3, -0.25) is 9.59 Å². The second kappa shape index (κ2) is 8.52. The van der Waals surface area contributed by atoms with E-state index in [4.69, 9.17) is 4.74 Å². The molecule has 0 radical (unpaired) electrons. The number of anilines is 1. The van der Waals surface area contributed by atoms with Crippen LogP contribution in [0, 0.1) is 12.8 Å². The molecule has 1 aliphatic heterocycles. The standard InChI is InChI=1S/C20H28N2O5/c1-13-5-7-15(8-6-13)22-12-14(11-17(22)23)18(24)21-16(19(25)26)9-10-27-20(2,3)4/h5-8,14,16H,9-12H2,1-4H3,(H,21,24)(H,25,26). The average molecular weight is 376 g/mol. The van der Waals surface area contributed by atoms with E-state index < -0.39 is 23.8 Å². The van der Waals surface area contributed by atoms with Crippen LogP contribution in [0.4, 0.5) is 5.69 Å². The van der Waals surface area contributed by atoms with Gasteiger partial charge in [0, 0.05) is 31.7 Å². The largest absolute Gasteiger partial charge is 0.480 e. The number of carboxylic acids is 1. The number of carboxylic acid groups (broad SMARTS) is 1. The van der Waals surface area contributed by atoms with Gasteiger partial charge in [-0.25, -0.2) is 4.79 Å². The lowest BCUT2D eigenvalue weighted by Crippen LogP contribution is -2.45. The molecule has 0 saturated carbocycles. The van der Waals surface area contributed by atoms with Gasteiger partial charge >= 0.3 is 5.97 Å². The SMILES string of the molecule is Cc1ccc(N2CC(C(=O)NC(CCOC(C)(C)C)C(=O)O)CC2=O)cc1. The van der Waals surface area contributed by atoms with E-state index in [1.807, 2.05) is 52.0 Å². The molecule has 2 N–H and O–H groups in total. The molecule has 1 aromatic carbocycles. The summed E-state index contributed by atoms with van der Waals surface area (Å²) in [5.41, 5.74) is 1.45. The van der Waals surface area contributed by atoms with Crippen molar-refractivity contribution in [1.29, 1.82) is 0 Å². The highest BCUT2D eigenvalue weighted by atomic mass is 16.5. The number of aryl methyl sites for hydroxylation is 1. The lowest BCUT2D eigenvalue weighted by atomic mass is 10.1. The highest BCUT2D eigenvalue weighted by molar-refractivity contribution is 6.00. The summed E-state index contributed by atoms with van der Waals surface area (Å²) < 4.78 is 5.54.